The first kappa shape index (κ1) is 12.8. The van der Waals surface area contributed by atoms with E-state index in [2.05, 4.69) is 31.9 Å². The summed E-state index contributed by atoms with van der Waals surface area (Å²) in [5.74, 6) is 0.223. The molecule has 0 N–H and O–H groups in total. The summed E-state index contributed by atoms with van der Waals surface area (Å²) >= 11 is 6.73. The van der Waals surface area contributed by atoms with Crippen molar-refractivity contribution in [3.8, 4) is 0 Å². The molecule has 2 rings (SSSR count). The quantitative estimate of drug-likeness (QED) is 0.771. The molecule has 0 bridgehead atoms. The number of likely N-dealkylation sites (tertiary alicyclic amines) is 1. The Labute approximate surface area is 116 Å². The predicted molar refractivity (Wildman–Crippen MR) is 72.0 cm³/mol. The number of nitrogens with zero attached hydrogens (tertiary/aromatic N) is 1. The second-order valence-electron chi connectivity index (χ2n) is 3.96. The number of halogens is 2. The van der Waals surface area contributed by atoms with Gasteiger partial charge in [0, 0.05) is 34.9 Å². The molecule has 1 aromatic rings. The van der Waals surface area contributed by atoms with Crippen molar-refractivity contribution in [2.75, 3.05) is 13.1 Å². The van der Waals surface area contributed by atoms with E-state index in [4.69, 9.17) is 0 Å². The van der Waals surface area contributed by atoms with Crippen molar-refractivity contribution in [2.45, 2.75) is 12.8 Å². The van der Waals surface area contributed by atoms with Gasteiger partial charge in [0.05, 0.1) is 5.56 Å². The normalized spacial score (nSPS) is 16.1. The lowest BCUT2D eigenvalue weighted by Gasteiger charge is -2.26. The highest BCUT2D eigenvalue weighted by Gasteiger charge is 2.23. The predicted octanol–water partition coefficient (Wildman–Crippen LogP) is 3.02. The number of hydrogen-bond acceptors (Lipinski definition) is 2. The van der Waals surface area contributed by atoms with Gasteiger partial charge in [-0.15, -0.1) is 0 Å². The largest absolute Gasteiger partial charge is 0.338 e. The van der Waals surface area contributed by atoms with Gasteiger partial charge >= 0.3 is 0 Å². The van der Waals surface area contributed by atoms with E-state index in [1.807, 2.05) is 12.1 Å². The zero-order valence-electron chi connectivity index (χ0n) is 9.08. The van der Waals surface area contributed by atoms with Gasteiger partial charge in [-0.05, 0) is 34.1 Å². The summed E-state index contributed by atoms with van der Waals surface area (Å²) in [6.45, 7) is 1.06. The van der Waals surface area contributed by atoms with Crippen LogP contribution in [0.2, 0.25) is 0 Å². The van der Waals surface area contributed by atoms with E-state index in [0.717, 1.165) is 8.95 Å². The Hall–Kier alpha value is -0.680. The lowest BCUT2D eigenvalue weighted by Crippen LogP contribution is -2.38. The Kier molecular flexibility index (Phi) is 3.99. The van der Waals surface area contributed by atoms with Crippen LogP contribution in [0.5, 0.6) is 0 Å². The summed E-state index contributed by atoms with van der Waals surface area (Å²) in [5, 5.41) is 0. The number of hydrogen-bond donors (Lipinski definition) is 0. The topological polar surface area (TPSA) is 37.4 Å². The molecule has 0 spiro atoms. The summed E-state index contributed by atoms with van der Waals surface area (Å²) in [6.07, 6.45) is 0.944. The summed E-state index contributed by atoms with van der Waals surface area (Å²) in [4.78, 5) is 25.1. The number of rotatable bonds is 1. The van der Waals surface area contributed by atoms with Crippen LogP contribution in [0.3, 0.4) is 0 Å². The third kappa shape index (κ3) is 2.96. The summed E-state index contributed by atoms with van der Waals surface area (Å²) < 4.78 is 1.70. The number of carbonyl (C=O) groups is 2. The van der Waals surface area contributed by atoms with Crippen LogP contribution >= 0.6 is 31.9 Å². The Balaban J connectivity index is 2.16. The fourth-order valence-electron chi connectivity index (χ4n) is 1.79. The Bertz CT molecular complexity index is 464. The van der Waals surface area contributed by atoms with E-state index < -0.39 is 0 Å². The van der Waals surface area contributed by atoms with Gasteiger partial charge in [-0.3, -0.25) is 9.59 Å². The highest BCUT2D eigenvalue weighted by atomic mass is 79.9. The van der Waals surface area contributed by atoms with Crippen molar-refractivity contribution >= 4 is 43.6 Å². The van der Waals surface area contributed by atoms with E-state index in [0.29, 0.717) is 31.5 Å². The van der Waals surface area contributed by atoms with E-state index in [1.165, 1.54) is 0 Å². The van der Waals surface area contributed by atoms with E-state index in [-0.39, 0.29) is 11.7 Å². The van der Waals surface area contributed by atoms with Gasteiger partial charge in [-0.2, -0.15) is 0 Å². The van der Waals surface area contributed by atoms with Crippen LogP contribution in [0.4, 0.5) is 0 Å². The fraction of sp³-hybridized carbons (Fsp3) is 0.333. The van der Waals surface area contributed by atoms with Crippen LogP contribution in [0.25, 0.3) is 0 Å². The molecule has 0 aromatic heterocycles. The maximum atomic E-state index is 12.2. The highest BCUT2D eigenvalue weighted by molar-refractivity contribution is 9.11. The molecule has 17 heavy (non-hydrogen) atoms. The smallest absolute Gasteiger partial charge is 0.255 e. The molecular weight excluding hydrogens is 350 g/mol. The Morgan fingerprint density at radius 3 is 2.41 bits per heavy atom. The van der Waals surface area contributed by atoms with E-state index in [1.54, 1.807) is 11.0 Å². The SMILES string of the molecule is O=C1CCN(C(=O)c2ccc(Br)cc2Br)CC1. The van der Waals surface area contributed by atoms with Gasteiger partial charge in [-0.25, -0.2) is 0 Å². The van der Waals surface area contributed by atoms with Crippen LogP contribution in [0.15, 0.2) is 27.1 Å². The lowest BCUT2D eigenvalue weighted by atomic mass is 10.1. The molecule has 0 radical (unpaired) electrons. The summed E-state index contributed by atoms with van der Waals surface area (Å²) in [5.41, 5.74) is 0.641. The van der Waals surface area contributed by atoms with Crippen LogP contribution in [0.1, 0.15) is 23.2 Å². The second kappa shape index (κ2) is 5.31. The molecule has 1 saturated heterocycles. The molecule has 5 heteroatoms. The van der Waals surface area contributed by atoms with Crippen molar-refractivity contribution in [3.05, 3.63) is 32.7 Å². The fourth-order valence-corrected chi connectivity index (χ4v) is 3.01. The van der Waals surface area contributed by atoms with E-state index >= 15 is 0 Å². The van der Waals surface area contributed by atoms with Crippen LogP contribution in [-0.2, 0) is 4.79 Å². The lowest BCUT2D eigenvalue weighted by molar-refractivity contribution is -0.120. The minimum absolute atomic E-state index is 0.0168. The number of carbonyl (C=O) groups excluding carboxylic acids is 2. The first-order valence-corrected chi connectivity index (χ1v) is 6.92. The molecule has 1 aromatic carbocycles. The molecule has 1 fully saturated rings. The molecule has 1 amide bonds. The molecule has 0 aliphatic carbocycles. The average molecular weight is 361 g/mol. The first-order chi connectivity index (χ1) is 8.08. The Morgan fingerprint density at radius 1 is 1.18 bits per heavy atom. The van der Waals surface area contributed by atoms with Crippen LogP contribution in [-0.4, -0.2) is 29.7 Å². The number of amides is 1. The number of ketones is 1. The summed E-state index contributed by atoms with van der Waals surface area (Å²) in [7, 11) is 0. The van der Waals surface area contributed by atoms with Gasteiger partial charge in [0.2, 0.25) is 0 Å². The molecule has 1 aliphatic heterocycles. The zero-order chi connectivity index (χ0) is 12.4. The van der Waals surface area contributed by atoms with Crippen molar-refractivity contribution in [1.82, 2.24) is 4.90 Å². The average Bonchev–Trinajstić information content (AvgIpc) is 2.29. The van der Waals surface area contributed by atoms with Gasteiger partial charge in [-0.1, -0.05) is 15.9 Å². The number of piperidine rings is 1. The minimum Gasteiger partial charge on any atom is -0.338 e. The molecular formula is C12H11Br2NO2. The molecule has 1 aliphatic rings. The van der Waals surface area contributed by atoms with Crippen molar-refractivity contribution < 1.29 is 9.59 Å². The first-order valence-electron chi connectivity index (χ1n) is 5.34. The van der Waals surface area contributed by atoms with Gasteiger partial charge in [0.25, 0.3) is 5.91 Å². The van der Waals surface area contributed by atoms with Gasteiger partial charge in [0.1, 0.15) is 5.78 Å². The molecule has 1 heterocycles. The maximum absolute atomic E-state index is 12.2. The van der Waals surface area contributed by atoms with E-state index in [9.17, 15) is 9.59 Å². The molecule has 0 unspecified atom stereocenters. The third-order valence-corrected chi connectivity index (χ3v) is 3.92. The van der Waals surface area contributed by atoms with Gasteiger partial charge in [0.15, 0.2) is 0 Å². The number of Topliss-reactive ketones (excluding diaryl/α,β-unsaturated/α-hetero) is 1. The summed E-state index contributed by atoms with van der Waals surface area (Å²) in [6, 6.07) is 5.47. The maximum Gasteiger partial charge on any atom is 0.255 e. The number of benzene rings is 1. The van der Waals surface area contributed by atoms with Crippen molar-refractivity contribution in [1.29, 1.82) is 0 Å². The van der Waals surface area contributed by atoms with Gasteiger partial charge < -0.3 is 4.90 Å². The highest BCUT2D eigenvalue weighted by Crippen LogP contribution is 2.24. The zero-order valence-corrected chi connectivity index (χ0v) is 12.3. The van der Waals surface area contributed by atoms with Crippen LogP contribution < -0.4 is 0 Å². The Morgan fingerprint density at radius 2 is 1.82 bits per heavy atom. The monoisotopic (exact) mass is 359 g/mol. The molecule has 90 valence electrons. The molecule has 3 nitrogen and oxygen atoms in total. The molecule has 0 atom stereocenters. The van der Waals surface area contributed by atoms with Crippen molar-refractivity contribution in [2.24, 2.45) is 0 Å². The third-order valence-electron chi connectivity index (χ3n) is 2.77. The standard InChI is InChI=1S/C12H11Br2NO2/c13-8-1-2-10(11(14)7-8)12(17)15-5-3-9(16)4-6-15/h1-2,7H,3-6H2. The molecule has 0 saturated carbocycles. The van der Waals surface area contributed by atoms with Crippen LogP contribution in [0, 0.1) is 0 Å². The minimum atomic E-state index is -0.0168. The van der Waals surface area contributed by atoms with Crippen molar-refractivity contribution in [3.63, 3.8) is 0 Å². The second-order valence-corrected chi connectivity index (χ2v) is 5.73.